The van der Waals surface area contributed by atoms with Crippen LogP contribution in [0.15, 0.2) is 47.2 Å². The summed E-state index contributed by atoms with van der Waals surface area (Å²) in [7, 11) is 0. The van der Waals surface area contributed by atoms with Crippen LogP contribution in [0.1, 0.15) is 45.6 Å². The van der Waals surface area contributed by atoms with Crippen LogP contribution in [-0.4, -0.2) is 0 Å². The van der Waals surface area contributed by atoms with Gasteiger partial charge in [0.15, 0.2) is 0 Å². The second-order valence-corrected chi connectivity index (χ2v) is 4.32. The first-order chi connectivity index (χ1) is 8.22. The zero-order valence-corrected chi connectivity index (χ0v) is 11.0. The van der Waals surface area contributed by atoms with Gasteiger partial charge in [0.05, 0.1) is 0 Å². The average Bonchev–Trinajstić information content (AvgIpc) is 2.33. The molecule has 17 heavy (non-hydrogen) atoms. The summed E-state index contributed by atoms with van der Waals surface area (Å²) in [5.74, 6) is 6.43. The first kappa shape index (κ1) is 13.4. The SMILES string of the molecule is CCCCC(=C=C(C)C)C#Cc1ccccc1. The van der Waals surface area contributed by atoms with E-state index >= 15 is 0 Å². The minimum Gasteiger partial charge on any atom is -0.110 e. The Balaban J connectivity index is 2.88. The lowest BCUT2D eigenvalue weighted by atomic mass is 10.1. The zero-order valence-electron chi connectivity index (χ0n) is 11.0. The molecule has 0 spiro atoms. The number of hydrogen-bond acceptors (Lipinski definition) is 0. The molecule has 0 saturated heterocycles. The number of hydrogen-bond donors (Lipinski definition) is 0. The van der Waals surface area contributed by atoms with Crippen LogP contribution in [0.5, 0.6) is 0 Å². The van der Waals surface area contributed by atoms with Crippen molar-refractivity contribution in [2.75, 3.05) is 0 Å². The maximum absolute atomic E-state index is 3.34. The summed E-state index contributed by atoms with van der Waals surface area (Å²) in [6.45, 7) is 6.33. The monoisotopic (exact) mass is 224 g/mol. The molecule has 1 aromatic carbocycles. The van der Waals surface area contributed by atoms with Crippen molar-refractivity contribution >= 4 is 0 Å². The summed E-state index contributed by atoms with van der Waals surface area (Å²) in [5, 5.41) is 0. The molecule has 0 aliphatic heterocycles. The Morgan fingerprint density at radius 2 is 1.82 bits per heavy atom. The van der Waals surface area contributed by atoms with E-state index in [1.54, 1.807) is 0 Å². The molecular weight excluding hydrogens is 204 g/mol. The van der Waals surface area contributed by atoms with Crippen molar-refractivity contribution in [1.82, 2.24) is 0 Å². The third kappa shape index (κ3) is 5.81. The molecule has 0 fully saturated rings. The number of rotatable bonds is 3. The standard InChI is InChI=1S/C17H20/c1-4-5-9-17(14-15(2)3)13-12-16-10-7-6-8-11-16/h6-8,10-11H,4-5,9H2,1-3H3. The predicted molar refractivity (Wildman–Crippen MR) is 74.7 cm³/mol. The summed E-state index contributed by atoms with van der Waals surface area (Å²) >= 11 is 0. The van der Waals surface area contributed by atoms with Crippen LogP contribution in [-0.2, 0) is 0 Å². The summed E-state index contributed by atoms with van der Waals surface area (Å²) in [5.41, 5.74) is 6.73. The van der Waals surface area contributed by atoms with Crippen LogP contribution in [0, 0.1) is 11.8 Å². The smallest absolute Gasteiger partial charge is 0.0441 e. The van der Waals surface area contributed by atoms with E-state index < -0.39 is 0 Å². The summed E-state index contributed by atoms with van der Waals surface area (Å²) in [6.07, 6.45) is 3.40. The van der Waals surface area contributed by atoms with Crippen LogP contribution in [0.4, 0.5) is 0 Å². The minimum absolute atomic E-state index is 1.03. The van der Waals surface area contributed by atoms with Crippen molar-refractivity contribution in [3.63, 3.8) is 0 Å². The topological polar surface area (TPSA) is 0 Å². The highest BCUT2D eigenvalue weighted by Crippen LogP contribution is 2.06. The van der Waals surface area contributed by atoms with Gasteiger partial charge < -0.3 is 0 Å². The van der Waals surface area contributed by atoms with Crippen LogP contribution >= 0.6 is 0 Å². The van der Waals surface area contributed by atoms with E-state index in [1.807, 2.05) is 30.3 Å². The van der Waals surface area contributed by atoms with Gasteiger partial charge in [0.2, 0.25) is 0 Å². The van der Waals surface area contributed by atoms with Gasteiger partial charge in [-0.25, -0.2) is 0 Å². The molecule has 0 heteroatoms. The second-order valence-electron chi connectivity index (χ2n) is 4.32. The molecule has 1 aromatic rings. The fourth-order valence-electron chi connectivity index (χ4n) is 1.48. The molecule has 0 amide bonds. The molecule has 0 aliphatic rings. The van der Waals surface area contributed by atoms with E-state index in [-0.39, 0.29) is 0 Å². The molecule has 0 aliphatic carbocycles. The lowest BCUT2D eigenvalue weighted by molar-refractivity contribution is 0.801. The number of benzene rings is 1. The molecule has 0 unspecified atom stereocenters. The van der Waals surface area contributed by atoms with Gasteiger partial charge in [-0.05, 0) is 44.4 Å². The Morgan fingerprint density at radius 1 is 1.12 bits per heavy atom. The summed E-state index contributed by atoms with van der Waals surface area (Å²) in [4.78, 5) is 0. The molecule has 88 valence electrons. The van der Waals surface area contributed by atoms with Crippen LogP contribution in [0.3, 0.4) is 0 Å². The average molecular weight is 224 g/mol. The first-order valence-corrected chi connectivity index (χ1v) is 6.22. The number of allylic oxidation sites excluding steroid dienone is 1. The van der Waals surface area contributed by atoms with Gasteiger partial charge in [0.1, 0.15) is 0 Å². The summed E-state index contributed by atoms with van der Waals surface area (Å²) < 4.78 is 0. The third-order valence-corrected chi connectivity index (χ3v) is 2.31. The van der Waals surface area contributed by atoms with E-state index in [9.17, 15) is 0 Å². The van der Waals surface area contributed by atoms with Gasteiger partial charge in [-0.1, -0.05) is 43.4 Å². The molecule has 0 saturated carbocycles. The molecule has 0 nitrogen and oxygen atoms in total. The normalized spacial score (nSPS) is 8.88. The van der Waals surface area contributed by atoms with E-state index in [2.05, 4.69) is 38.3 Å². The second kappa shape index (κ2) is 7.55. The Labute approximate surface area is 105 Å². The highest BCUT2D eigenvalue weighted by Gasteiger charge is 1.91. The largest absolute Gasteiger partial charge is 0.110 e. The van der Waals surface area contributed by atoms with Crippen LogP contribution in [0.2, 0.25) is 0 Å². The molecular formula is C17H20. The van der Waals surface area contributed by atoms with Gasteiger partial charge in [-0.2, -0.15) is 0 Å². The zero-order chi connectivity index (χ0) is 12.5. The Morgan fingerprint density at radius 3 is 2.41 bits per heavy atom. The van der Waals surface area contributed by atoms with Crippen LogP contribution in [0.25, 0.3) is 0 Å². The predicted octanol–water partition coefficient (Wildman–Crippen LogP) is 4.72. The lowest BCUT2D eigenvalue weighted by Gasteiger charge is -1.95. The molecule has 0 bridgehead atoms. The Bertz CT molecular complexity index is 456. The van der Waals surface area contributed by atoms with Gasteiger partial charge in [-0.15, -0.1) is 5.73 Å². The van der Waals surface area contributed by atoms with Crippen molar-refractivity contribution in [3.8, 4) is 11.8 Å². The molecule has 0 heterocycles. The first-order valence-electron chi connectivity index (χ1n) is 6.22. The fourth-order valence-corrected chi connectivity index (χ4v) is 1.48. The number of unbranched alkanes of at least 4 members (excludes halogenated alkanes) is 1. The van der Waals surface area contributed by atoms with Gasteiger partial charge in [-0.3, -0.25) is 0 Å². The van der Waals surface area contributed by atoms with Gasteiger partial charge >= 0.3 is 0 Å². The minimum atomic E-state index is 1.03. The van der Waals surface area contributed by atoms with Crippen molar-refractivity contribution < 1.29 is 0 Å². The van der Waals surface area contributed by atoms with E-state index in [1.165, 1.54) is 18.4 Å². The van der Waals surface area contributed by atoms with Crippen molar-refractivity contribution in [2.45, 2.75) is 40.0 Å². The molecule has 0 aromatic heterocycles. The maximum atomic E-state index is 3.34. The Hall–Kier alpha value is -1.70. The Kier molecular flexibility index (Phi) is 5.94. The lowest BCUT2D eigenvalue weighted by Crippen LogP contribution is -1.80. The van der Waals surface area contributed by atoms with E-state index in [0.29, 0.717) is 0 Å². The molecule has 1 rings (SSSR count). The summed E-state index contributed by atoms with van der Waals surface area (Å²) in [6, 6.07) is 10.1. The van der Waals surface area contributed by atoms with E-state index in [4.69, 9.17) is 0 Å². The van der Waals surface area contributed by atoms with Gasteiger partial charge in [0.25, 0.3) is 0 Å². The molecule has 0 N–H and O–H groups in total. The highest BCUT2D eigenvalue weighted by molar-refractivity contribution is 5.40. The third-order valence-electron chi connectivity index (χ3n) is 2.31. The molecule has 0 radical (unpaired) electrons. The fraction of sp³-hybridized carbons (Fsp3) is 0.353. The van der Waals surface area contributed by atoms with Gasteiger partial charge in [0, 0.05) is 11.1 Å². The van der Waals surface area contributed by atoms with E-state index in [0.717, 1.165) is 17.6 Å². The molecule has 0 atom stereocenters. The van der Waals surface area contributed by atoms with Crippen molar-refractivity contribution in [1.29, 1.82) is 0 Å². The maximum Gasteiger partial charge on any atom is 0.0441 e. The van der Waals surface area contributed by atoms with Crippen molar-refractivity contribution in [3.05, 3.63) is 52.8 Å². The van der Waals surface area contributed by atoms with Crippen molar-refractivity contribution in [2.24, 2.45) is 0 Å². The highest BCUT2D eigenvalue weighted by atomic mass is 13.9. The van der Waals surface area contributed by atoms with Crippen LogP contribution < -0.4 is 0 Å². The quantitative estimate of drug-likeness (QED) is 0.515.